The summed E-state index contributed by atoms with van der Waals surface area (Å²) in [5.74, 6) is -0.164. The fourth-order valence-corrected chi connectivity index (χ4v) is 1.41. The van der Waals surface area contributed by atoms with Gasteiger partial charge in [0.05, 0.1) is 5.56 Å². The van der Waals surface area contributed by atoms with Gasteiger partial charge in [0.2, 0.25) is 0 Å². The Hall–Kier alpha value is -1.97. The number of likely N-dealkylation sites (N-methyl/N-ethyl adjacent to an activating group) is 1. The first-order valence-corrected chi connectivity index (χ1v) is 5.08. The molecule has 0 aliphatic carbocycles. The number of nitrogens with zero attached hydrogens (tertiary/aromatic N) is 1. The van der Waals surface area contributed by atoms with Crippen LogP contribution in [0.4, 0.5) is 5.69 Å². The summed E-state index contributed by atoms with van der Waals surface area (Å²) in [4.78, 5) is 13.6. The molecule has 16 heavy (non-hydrogen) atoms. The van der Waals surface area contributed by atoms with Crippen LogP contribution in [0, 0.1) is 0 Å². The first kappa shape index (κ1) is 12.1. The molecule has 1 rings (SSSR count). The normalized spacial score (nSPS) is 9.81. The highest BCUT2D eigenvalue weighted by molar-refractivity contribution is 5.99. The molecule has 0 aliphatic heterocycles. The van der Waals surface area contributed by atoms with Gasteiger partial charge in [-0.25, -0.2) is 0 Å². The molecule has 0 aliphatic rings. The van der Waals surface area contributed by atoms with Gasteiger partial charge in [-0.3, -0.25) is 4.79 Å². The third-order valence-corrected chi connectivity index (χ3v) is 2.29. The minimum atomic E-state index is -0.198. The molecule has 0 radical (unpaired) electrons. The third kappa shape index (κ3) is 2.53. The van der Waals surface area contributed by atoms with Gasteiger partial charge in [0, 0.05) is 18.8 Å². The first-order valence-electron chi connectivity index (χ1n) is 5.08. The highest BCUT2D eigenvalue weighted by Gasteiger charge is 2.16. The average Bonchev–Trinajstić information content (AvgIpc) is 2.28. The van der Waals surface area contributed by atoms with Crippen molar-refractivity contribution in [3.05, 3.63) is 36.4 Å². The fourth-order valence-electron chi connectivity index (χ4n) is 1.41. The molecule has 0 atom stereocenters. The van der Waals surface area contributed by atoms with Crippen LogP contribution in [0.25, 0.3) is 0 Å². The van der Waals surface area contributed by atoms with Crippen LogP contribution in [0.1, 0.15) is 17.3 Å². The number of amides is 1. The van der Waals surface area contributed by atoms with Crippen molar-refractivity contribution in [2.45, 2.75) is 6.92 Å². The van der Waals surface area contributed by atoms with Crippen LogP contribution in [0.15, 0.2) is 30.9 Å². The predicted octanol–water partition coefficient (Wildman–Crippen LogP) is 1.62. The van der Waals surface area contributed by atoms with E-state index in [1.165, 1.54) is 18.2 Å². The third-order valence-electron chi connectivity index (χ3n) is 2.29. The maximum Gasteiger partial charge on any atom is 0.256 e. The molecule has 0 bridgehead atoms. The van der Waals surface area contributed by atoms with Crippen LogP contribution < -0.4 is 5.73 Å². The number of carbonyl (C=O) groups is 1. The fraction of sp³-hybridized carbons (Fsp3) is 0.250. The van der Waals surface area contributed by atoms with Crippen LogP contribution in [0.5, 0.6) is 5.75 Å². The van der Waals surface area contributed by atoms with E-state index in [9.17, 15) is 9.90 Å². The summed E-state index contributed by atoms with van der Waals surface area (Å²) >= 11 is 0. The van der Waals surface area contributed by atoms with E-state index in [1.807, 2.05) is 6.92 Å². The monoisotopic (exact) mass is 220 g/mol. The Balaban J connectivity index is 3.02. The number of nitrogen functional groups attached to an aromatic ring is 1. The lowest BCUT2D eigenvalue weighted by atomic mass is 10.1. The van der Waals surface area contributed by atoms with Gasteiger partial charge in [0.25, 0.3) is 5.91 Å². The zero-order valence-electron chi connectivity index (χ0n) is 9.31. The summed E-state index contributed by atoms with van der Waals surface area (Å²) in [5, 5.41) is 9.32. The Bertz CT molecular complexity index is 402. The highest BCUT2D eigenvalue weighted by atomic mass is 16.3. The minimum absolute atomic E-state index is 0.0345. The number of carbonyl (C=O) groups excluding carboxylic acids is 1. The molecule has 86 valence electrons. The first-order chi connectivity index (χ1) is 7.60. The predicted molar refractivity (Wildman–Crippen MR) is 64.3 cm³/mol. The van der Waals surface area contributed by atoms with Crippen LogP contribution in [0.3, 0.4) is 0 Å². The molecule has 0 heterocycles. The number of rotatable bonds is 4. The quantitative estimate of drug-likeness (QED) is 0.460. The van der Waals surface area contributed by atoms with Crippen molar-refractivity contribution in [3.63, 3.8) is 0 Å². The lowest BCUT2D eigenvalue weighted by molar-refractivity contribution is 0.0783. The second kappa shape index (κ2) is 5.21. The van der Waals surface area contributed by atoms with Crippen LogP contribution >= 0.6 is 0 Å². The molecule has 0 spiro atoms. The Labute approximate surface area is 95.0 Å². The Kier molecular flexibility index (Phi) is 3.94. The molecule has 3 N–H and O–H groups in total. The lowest BCUT2D eigenvalue weighted by Gasteiger charge is -2.19. The number of nitrogens with two attached hydrogens (primary N) is 1. The molecular formula is C12H16N2O2. The molecule has 4 heteroatoms. The largest absolute Gasteiger partial charge is 0.508 e. The number of hydrogen-bond donors (Lipinski definition) is 2. The van der Waals surface area contributed by atoms with Gasteiger partial charge < -0.3 is 15.7 Å². The van der Waals surface area contributed by atoms with Gasteiger partial charge in [-0.05, 0) is 25.1 Å². The van der Waals surface area contributed by atoms with E-state index in [2.05, 4.69) is 6.58 Å². The molecular weight excluding hydrogens is 204 g/mol. The number of hydrogen-bond acceptors (Lipinski definition) is 3. The zero-order valence-corrected chi connectivity index (χ0v) is 9.31. The van der Waals surface area contributed by atoms with Crippen molar-refractivity contribution < 1.29 is 9.90 Å². The number of aromatic hydroxyl groups is 1. The van der Waals surface area contributed by atoms with Gasteiger partial charge in [-0.15, -0.1) is 6.58 Å². The number of phenols is 1. The van der Waals surface area contributed by atoms with E-state index < -0.39 is 0 Å². The molecule has 4 nitrogen and oxygen atoms in total. The Morgan fingerprint density at radius 1 is 1.62 bits per heavy atom. The molecule has 0 aromatic heterocycles. The molecule has 1 aromatic rings. The van der Waals surface area contributed by atoms with Crippen molar-refractivity contribution in [2.24, 2.45) is 0 Å². The molecule has 0 unspecified atom stereocenters. The maximum atomic E-state index is 12.0. The van der Waals surface area contributed by atoms with Gasteiger partial charge in [0.1, 0.15) is 5.75 Å². The van der Waals surface area contributed by atoms with Crippen molar-refractivity contribution in [2.75, 3.05) is 18.8 Å². The SMILES string of the molecule is C=CCN(CC)C(=O)c1cc(O)ccc1N. The van der Waals surface area contributed by atoms with E-state index in [0.717, 1.165) is 0 Å². The highest BCUT2D eigenvalue weighted by Crippen LogP contribution is 2.20. The minimum Gasteiger partial charge on any atom is -0.508 e. The number of anilines is 1. The summed E-state index contributed by atoms with van der Waals surface area (Å²) in [7, 11) is 0. The standard InChI is InChI=1S/C12H16N2O2/c1-3-7-14(4-2)12(16)10-8-9(15)5-6-11(10)13/h3,5-6,8,15H,1,4,7,13H2,2H3. The molecule has 0 saturated carbocycles. The van der Waals surface area contributed by atoms with Crippen LogP contribution in [-0.2, 0) is 0 Å². The van der Waals surface area contributed by atoms with E-state index >= 15 is 0 Å². The van der Waals surface area contributed by atoms with Crippen molar-refractivity contribution in [3.8, 4) is 5.75 Å². The van der Waals surface area contributed by atoms with Gasteiger partial charge in [-0.1, -0.05) is 6.08 Å². The van der Waals surface area contributed by atoms with Crippen molar-refractivity contribution in [1.82, 2.24) is 4.90 Å². The number of phenolic OH excluding ortho intramolecular Hbond substituents is 1. The van der Waals surface area contributed by atoms with Crippen molar-refractivity contribution in [1.29, 1.82) is 0 Å². The van der Waals surface area contributed by atoms with Gasteiger partial charge in [-0.2, -0.15) is 0 Å². The molecule has 1 aromatic carbocycles. The Morgan fingerprint density at radius 2 is 2.31 bits per heavy atom. The molecule has 0 saturated heterocycles. The van der Waals surface area contributed by atoms with E-state index in [1.54, 1.807) is 11.0 Å². The second-order valence-corrected chi connectivity index (χ2v) is 3.40. The van der Waals surface area contributed by atoms with Gasteiger partial charge >= 0.3 is 0 Å². The smallest absolute Gasteiger partial charge is 0.256 e. The second-order valence-electron chi connectivity index (χ2n) is 3.40. The molecule has 1 amide bonds. The number of benzene rings is 1. The van der Waals surface area contributed by atoms with Gasteiger partial charge in [0.15, 0.2) is 0 Å². The Morgan fingerprint density at radius 3 is 2.88 bits per heavy atom. The topological polar surface area (TPSA) is 66.6 Å². The van der Waals surface area contributed by atoms with E-state index in [0.29, 0.717) is 24.3 Å². The summed E-state index contributed by atoms with van der Waals surface area (Å²) in [6, 6.07) is 4.35. The summed E-state index contributed by atoms with van der Waals surface area (Å²) in [6.07, 6.45) is 1.65. The van der Waals surface area contributed by atoms with Crippen molar-refractivity contribution >= 4 is 11.6 Å². The van der Waals surface area contributed by atoms with E-state index in [-0.39, 0.29) is 11.7 Å². The summed E-state index contributed by atoms with van der Waals surface area (Å²) in [5.41, 5.74) is 6.38. The van der Waals surface area contributed by atoms with E-state index in [4.69, 9.17) is 5.73 Å². The van der Waals surface area contributed by atoms with Crippen LogP contribution in [-0.4, -0.2) is 29.0 Å². The average molecular weight is 220 g/mol. The summed E-state index contributed by atoms with van der Waals surface area (Å²) in [6.45, 7) is 6.50. The summed E-state index contributed by atoms with van der Waals surface area (Å²) < 4.78 is 0. The zero-order chi connectivity index (χ0) is 12.1. The van der Waals surface area contributed by atoms with Crippen LogP contribution in [0.2, 0.25) is 0 Å². The lowest BCUT2D eigenvalue weighted by Crippen LogP contribution is -2.31. The maximum absolute atomic E-state index is 12.0. The molecule has 0 fully saturated rings.